The van der Waals surface area contributed by atoms with E-state index in [2.05, 4.69) is 11.1 Å². The Morgan fingerprint density at radius 1 is 1.23 bits per heavy atom. The highest BCUT2D eigenvalue weighted by molar-refractivity contribution is 8.00. The Bertz CT molecular complexity index is 955. The Morgan fingerprint density at radius 3 is 2.92 bits per heavy atom. The van der Waals surface area contributed by atoms with Crippen molar-refractivity contribution < 1.29 is 9.18 Å². The summed E-state index contributed by atoms with van der Waals surface area (Å²) in [6.07, 6.45) is 4.33. The Balaban J connectivity index is 1.54. The zero-order valence-electron chi connectivity index (χ0n) is 14.3. The van der Waals surface area contributed by atoms with Crippen molar-refractivity contribution in [2.75, 3.05) is 11.4 Å². The van der Waals surface area contributed by atoms with Crippen LogP contribution in [0.25, 0.3) is 5.69 Å². The molecule has 0 unspecified atom stereocenters. The molecule has 0 spiro atoms. The summed E-state index contributed by atoms with van der Waals surface area (Å²) in [5, 5.41) is 0.375. The Labute approximate surface area is 155 Å². The number of hydrogen-bond donors (Lipinski definition) is 0. The molecule has 4 rings (SSSR count). The predicted molar refractivity (Wildman–Crippen MR) is 101 cm³/mol. The van der Waals surface area contributed by atoms with Crippen molar-refractivity contribution in [1.82, 2.24) is 9.55 Å². The smallest absolute Gasteiger partial charge is 0.240 e. The van der Waals surface area contributed by atoms with Gasteiger partial charge in [0.2, 0.25) is 5.91 Å². The topological polar surface area (TPSA) is 38.1 Å². The summed E-state index contributed by atoms with van der Waals surface area (Å²) in [6, 6.07) is 14.4. The molecule has 1 amide bonds. The molecule has 1 aromatic heterocycles. The molecule has 0 fully saturated rings. The molecule has 0 bridgehead atoms. The molecule has 0 saturated heterocycles. The standard InChI is InChI=1S/C20H18FN3OS/c1-14(19(25)24-11-9-15-5-2-3-8-18(15)24)26-20-22-10-12-23(20)17-7-4-6-16(21)13-17/h2-8,10,12-14H,9,11H2,1H3/t14-/m0/s1. The van der Waals surface area contributed by atoms with Crippen LogP contribution < -0.4 is 4.90 Å². The molecular weight excluding hydrogens is 349 g/mol. The first-order valence-corrected chi connectivity index (χ1v) is 9.36. The molecule has 2 aromatic carbocycles. The minimum absolute atomic E-state index is 0.0637. The summed E-state index contributed by atoms with van der Waals surface area (Å²) in [5.41, 5.74) is 2.90. The van der Waals surface area contributed by atoms with E-state index in [0.717, 1.165) is 12.1 Å². The molecule has 6 heteroatoms. The molecule has 2 heterocycles. The quantitative estimate of drug-likeness (QED) is 0.652. The predicted octanol–water partition coefficient (Wildman–Crippen LogP) is 4.08. The van der Waals surface area contributed by atoms with Crippen LogP contribution in [0.4, 0.5) is 10.1 Å². The van der Waals surface area contributed by atoms with Gasteiger partial charge in [-0.2, -0.15) is 0 Å². The van der Waals surface area contributed by atoms with Crippen LogP contribution in [0.5, 0.6) is 0 Å². The van der Waals surface area contributed by atoms with E-state index in [9.17, 15) is 9.18 Å². The van der Waals surface area contributed by atoms with Crippen LogP contribution in [-0.4, -0.2) is 27.3 Å². The number of thioether (sulfide) groups is 1. The molecule has 1 atom stereocenters. The number of rotatable bonds is 4. The number of nitrogens with zero attached hydrogens (tertiary/aromatic N) is 3. The third-order valence-corrected chi connectivity index (χ3v) is 5.54. The molecule has 1 aliphatic heterocycles. The second kappa shape index (κ2) is 6.96. The van der Waals surface area contributed by atoms with Gasteiger partial charge < -0.3 is 4.90 Å². The van der Waals surface area contributed by atoms with E-state index in [1.165, 1.54) is 29.5 Å². The third-order valence-electron chi connectivity index (χ3n) is 4.48. The number of para-hydroxylation sites is 1. The number of hydrogen-bond acceptors (Lipinski definition) is 3. The van der Waals surface area contributed by atoms with Gasteiger partial charge in [0.1, 0.15) is 5.82 Å². The number of carbonyl (C=O) groups excluding carboxylic acids is 1. The highest BCUT2D eigenvalue weighted by Crippen LogP contribution is 2.31. The van der Waals surface area contributed by atoms with E-state index in [1.54, 1.807) is 23.0 Å². The molecular formula is C20H18FN3OS. The number of imidazole rings is 1. The first-order chi connectivity index (χ1) is 12.6. The minimum Gasteiger partial charge on any atom is -0.311 e. The second-order valence-corrected chi connectivity index (χ2v) is 7.50. The Morgan fingerprint density at radius 2 is 2.08 bits per heavy atom. The molecule has 0 N–H and O–H groups in total. The molecule has 4 nitrogen and oxygen atoms in total. The van der Waals surface area contributed by atoms with Crippen molar-refractivity contribution in [3.63, 3.8) is 0 Å². The maximum Gasteiger partial charge on any atom is 0.240 e. The molecule has 0 aliphatic carbocycles. The minimum atomic E-state index is -0.301. The van der Waals surface area contributed by atoms with Gasteiger partial charge in [0.15, 0.2) is 5.16 Å². The SMILES string of the molecule is C[C@H](Sc1nccn1-c1cccc(F)c1)C(=O)N1CCc2ccccc21. The maximum absolute atomic E-state index is 13.5. The van der Waals surface area contributed by atoms with Crippen LogP contribution in [0.3, 0.4) is 0 Å². The summed E-state index contributed by atoms with van der Waals surface area (Å²) in [6.45, 7) is 2.60. The maximum atomic E-state index is 13.5. The van der Waals surface area contributed by atoms with E-state index in [0.29, 0.717) is 17.4 Å². The van der Waals surface area contributed by atoms with Crippen molar-refractivity contribution in [2.45, 2.75) is 23.8 Å². The highest BCUT2D eigenvalue weighted by atomic mass is 32.2. The van der Waals surface area contributed by atoms with E-state index in [1.807, 2.05) is 36.1 Å². The molecule has 0 radical (unpaired) electrons. The van der Waals surface area contributed by atoms with Gasteiger partial charge in [-0.25, -0.2) is 9.37 Å². The molecule has 1 aliphatic rings. The van der Waals surface area contributed by atoms with E-state index < -0.39 is 0 Å². The van der Waals surface area contributed by atoms with Gasteiger partial charge in [-0.05, 0) is 43.2 Å². The Kier molecular flexibility index (Phi) is 4.51. The van der Waals surface area contributed by atoms with Gasteiger partial charge in [-0.3, -0.25) is 9.36 Å². The summed E-state index contributed by atoms with van der Waals surface area (Å²) in [7, 11) is 0. The lowest BCUT2D eigenvalue weighted by atomic mass is 10.2. The van der Waals surface area contributed by atoms with Crippen LogP contribution in [0.15, 0.2) is 66.1 Å². The molecule has 0 saturated carbocycles. The summed E-state index contributed by atoms with van der Waals surface area (Å²) in [5.74, 6) is -0.237. The van der Waals surface area contributed by atoms with Gasteiger partial charge in [0, 0.05) is 24.6 Å². The van der Waals surface area contributed by atoms with Gasteiger partial charge in [-0.15, -0.1) is 0 Å². The average molecular weight is 367 g/mol. The lowest BCUT2D eigenvalue weighted by Crippen LogP contribution is -2.35. The van der Waals surface area contributed by atoms with Crippen molar-refractivity contribution >= 4 is 23.4 Å². The van der Waals surface area contributed by atoms with E-state index >= 15 is 0 Å². The van der Waals surface area contributed by atoms with Gasteiger partial charge in [0.05, 0.1) is 10.9 Å². The number of anilines is 1. The van der Waals surface area contributed by atoms with Crippen LogP contribution in [0.1, 0.15) is 12.5 Å². The molecule has 132 valence electrons. The van der Waals surface area contributed by atoms with E-state index in [4.69, 9.17) is 0 Å². The molecule has 26 heavy (non-hydrogen) atoms. The fourth-order valence-corrected chi connectivity index (χ4v) is 4.14. The lowest BCUT2D eigenvalue weighted by molar-refractivity contribution is -0.117. The summed E-state index contributed by atoms with van der Waals surface area (Å²) in [4.78, 5) is 19.1. The van der Waals surface area contributed by atoms with Crippen LogP contribution in [0.2, 0.25) is 0 Å². The van der Waals surface area contributed by atoms with Gasteiger partial charge in [-0.1, -0.05) is 36.0 Å². The van der Waals surface area contributed by atoms with Gasteiger partial charge >= 0.3 is 0 Å². The second-order valence-electron chi connectivity index (χ2n) is 6.19. The van der Waals surface area contributed by atoms with E-state index in [-0.39, 0.29) is 17.0 Å². The van der Waals surface area contributed by atoms with Crippen molar-refractivity contribution in [2.24, 2.45) is 0 Å². The first-order valence-electron chi connectivity index (χ1n) is 8.49. The largest absolute Gasteiger partial charge is 0.311 e. The number of amides is 1. The Hall–Kier alpha value is -2.60. The fraction of sp³-hybridized carbons (Fsp3) is 0.200. The number of benzene rings is 2. The number of fused-ring (bicyclic) bond motifs is 1. The van der Waals surface area contributed by atoms with Crippen molar-refractivity contribution in [1.29, 1.82) is 0 Å². The van der Waals surface area contributed by atoms with Crippen molar-refractivity contribution in [3.8, 4) is 5.69 Å². The number of carbonyl (C=O) groups is 1. The van der Waals surface area contributed by atoms with Gasteiger partial charge in [0.25, 0.3) is 0 Å². The highest BCUT2D eigenvalue weighted by Gasteiger charge is 2.29. The number of aromatic nitrogens is 2. The van der Waals surface area contributed by atoms with Crippen LogP contribution >= 0.6 is 11.8 Å². The van der Waals surface area contributed by atoms with Crippen LogP contribution in [0, 0.1) is 5.82 Å². The van der Waals surface area contributed by atoms with Crippen LogP contribution in [-0.2, 0) is 11.2 Å². The average Bonchev–Trinajstić information content (AvgIpc) is 3.28. The summed E-state index contributed by atoms with van der Waals surface area (Å²) < 4.78 is 15.3. The number of halogens is 1. The normalized spacial score (nSPS) is 14.3. The zero-order valence-corrected chi connectivity index (χ0v) is 15.1. The first kappa shape index (κ1) is 16.8. The monoisotopic (exact) mass is 367 g/mol. The third kappa shape index (κ3) is 3.12. The zero-order chi connectivity index (χ0) is 18.1. The lowest BCUT2D eigenvalue weighted by Gasteiger charge is -2.21. The fourth-order valence-electron chi connectivity index (χ4n) is 3.19. The summed E-state index contributed by atoms with van der Waals surface area (Å²) >= 11 is 1.39. The molecule has 3 aromatic rings. The van der Waals surface area contributed by atoms with Crippen molar-refractivity contribution in [3.05, 3.63) is 72.3 Å².